The van der Waals surface area contributed by atoms with Crippen molar-refractivity contribution in [2.75, 3.05) is 25.0 Å². The number of rotatable bonds is 5. The van der Waals surface area contributed by atoms with Gasteiger partial charge in [0.1, 0.15) is 5.25 Å². The van der Waals surface area contributed by atoms with Gasteiger partial charge >= 0.3 is 0 Å². The van der Waals surface area contributed by atoms with Crippen LogP contribution in [-0.2, 0) is 29.1 Å². The number of thioether (sulfide) groups is 1. The Morgan fingerprint density at radius 2 is 1.97 bits per heavy atom. The van der Waals surface area contributed by atoms with Crippen molar-refractivity contribution in [2.45, 2.75) is 44.0 Å². The quantitative estimate of drug-likeness (QED) is 0.746. The van der Waals surface area contributed by atoms with Crippen LogP contribution in [0.15, 0.2) is 35.3 Å². The Labute approximate surface area is 189 Å². The molecule has 162 valence electrons. The second-order valence-electron chi connectivity index (χ2n) is 8.12. The van der Waals surface area contributed by atoms with E-state index in [4.69, 9.17) is 0 Å². The first-order valence-corrected chi connectivity index (χ1v) is 12.4. The molecule has 1 saturated heterocycles. The minimum absolute atomic E-state index is 0.134. The molecule has 1 fully saturated rings. The van der Waals surface area contributed by atoms with Crippen LogP contribution in [0.5, 0.6) is 0 Å². The molecule has 3 aliphatic rings. The molecule has 0 aliphatic carbocycles. The third kappa shape index (κ3) is 4.83. The molecule has 7 nitrogen and oxygen atoms in total. The van der Waals surface area contributed by atoms with Gasteiger partial charge in [0.2, 0.25) is 5.91 Å². The second-order valence-corrected chi connectivity index (χ2v) is 10.4. The molecule has 2 aromatic rings. The maximum Gasteiger partial charge on any atom is 0.262 e. The predicted octanol–water partition coefficient (Wildman–Crippen LogP) is 3.12. The van der Waals surface area contributed by atoms with Crippen LogP contribution < -0.4 is 5.32 Å². The molecule has 0 bridgehead atoms. The highest BCUT2D eigenvalue weighted by Gasteiger charge is 2.34. The maximum absolute atomic E-state index is 12.6. The van der Waals surface area contributed by atoms with E-state index in [0.717, 1.165) is 62.8 Å². The highest BCUT2D eigenvalue weighted by atomic mass is 32.2. The van der Waals surface area contributed by atoms with Crippen LogP contribution in [0.3, 0.4) is 0 Å². The zero-order valence-corrected chi connectivity index (χ0v) is 18.9. The number of aliphatic imine (C=N–C) groups is 1. The van der Waals surface area contributed by atoms with E-state index in [1.165, 1.54) is 22.2 Å². The Balaban J connectivity index is 1.15. The smallest absolute Gasteiger partial charge is 0.262 e. The van der Waals surface area contributed by atoms with Crippen LogP contribution in [0.1, 0.15) is 35.4 Å². The number of hydrogen-bond donors (Lipinski definition) is 1. The molecule has 0 spiro atoms. The summed E-state index contributed by atoms with van der Waals surface area (Å²) < 4.78 is 0. The lowest BCUT2D eigenvalue weighted by molar-refractivity contribution is -0.121. The normalized spacial score (nSPS) is 21.3. The average molecular weight is 456 g/mol. The monoisotopic (exact) mass is 455 g/mol. The summed E-state index contributed by atoms with van der Waals surface area (Å²) >= 11 is 2.97. The maximum atomic E-state index is 12.6. The number of anilines is 1. The summed E-state index contributed by atoms with van der Waals surface area (Å²) in [4.78, 5) is 39.4. The molecule has 1 N–H and O–H groups in total. The van der Waals surface area contributed by atoms with Crippen molar-refractivity contribution in [3.63, 3.8) is 0 Å². The summed E-state index contributed by atoms with van der Waals surface area (Å²) in [5.74, 6) is -0.368. The largest absolute Gasteiger partial charge is 0.351 e. The fourth-order valence-electron chi connectivity index (χ4n) is 4.17. The zero-order valence-electron chi connectivity index (χ0n) is 17.2. The van der Waals surface area contributed by atoms with Crippen molar-refractivity contribution in [1.29, 1.82) is 0 Å². The van der Waals surface area contributed by atoms with Crippen LogP contribution in [-0.4, -0.2) is 56.7 Å². The van der Waals surface area contributed by atoms with Crippen molar-refractivity contribution in [2.24, 2.45) is 4.99 Å². The number of likely N-dealkylation sites (tertiary alicyclic amines) is 1. The number of nitrogens with zero attached hydrogens (tertiary/aromatic N) is 4. The van der Waals surface area contributed by atoms with E-state index in [-0.39, 0.29) is 18.2 Å². The molecule has 3 aliphatic heterocycles. The molecule has 9 heteroatoms. The summed E-state index contributed by atoms with van der Waals surface area (Å²) in [6.07, 6.45) is 3.29. The minimum Gasteiger partial charge on any atom is -0.351 e. The Morgan fingerprint density at radius 3 is 2.77 bits per heavy atom. The number of nitrogens with one attached hydrogen (secondary N) is 1. The molecule has 31 heavy (non-hydrogen) atoms. The second kappa shape index (κ2) is 9.10. The van der Waals surface area contributed by atoms with E-state index < -0.39 is 5.25 Å². The van der Waals surface area contributed by atoms with Gasteiger partial charge in [0.25, 0.3) is 5.91 Å². The molecule has 5 rings (SSSR count). The van der Waals surface area contributed by atoms with Crippen molar-refractivity contribution in [1.82, 2.24) is 14.8 Å². The lowest BCUT2D eigenvalue weighted by atomic mass is 10.1. The first-order valence-electron chi connectivity index (χ1n) is 10.7. The minimum atomic E-state index is -0.424. The van der Waals surface area contributed by atoms with Gasteiger partial charge in [-0.25, -0.2) is 4.98 Å². The number of carbonyl (C=O) groups excluding carboxylic acids is 2. The fourth-order valence-corrected chi connectivity index (χ4v) is 6.35. The van der Waals surface area contributed by atoms with Gasteiger partial charge in [0, 0.05) is 50.4 Å². The third-order valence-electron chi connectivity index (χ3n) is 5.78. The summed E-state index contributed by atoms with van der Waals surface area (Å²) in [5.41, 5.74) is 2.38. The van der Waals surface area contributed by atoms with Gasteiger partial charge in [0.05, 0.1) is 5.69 Å². The Kier molecular flexibility index (Phi) is 6.06. The number of benzene rings is 1. The summed E-state index contributed by atoms with van der Waals surface area (Å²) in [6, 6.07) is 10.5. The number of carbonyl (C=O) groups is 2. The van der Waals surface area contributed by atoms with Gasteiger partial charge < -0.3 is 10.2 Å². The summed E-state index contributed by atoms with van der Waals surface area (Å²) in [5, 5.41) is 3.90. The van der Waals surface area contributed by atoms with E-state index in [2.05, 4.69) is 49.4 Å². The highest BCUT2D eigenvalue weighted by molar-refractivity contribution is 8.15. The fraction of sp³-hybridized carbons (Fsp3) is 0.455. The van der Waals surface area contributed by atoms with E-state index in [1.54, 1.807) is 11.3 Å². The van der Waals surface area contributed by atoms with E-state index >= 15 is 0 Å². The molecule has 1 aromatic carbocycles. The van der Waals surface area contributed by atoms with E-state index in [1.807, 2.05) is 6.07 Å². The SMILES string of the molecule is O=C(CC1SC(N2CCCC2)=NC1=O)Nc1nc2c(s1)CN(Cc1ccccc1)CC2. The lowest BCUT2D eigenvalue weighted by Gasteiger charge is -2.25. The molecule has 1 unspecified atom stereocenters. The number of thiazole rings is 1. The van der Waals surface area contributed by atoms with Crippen LogP contribution in [0.25, 0.3) is 0 Å². The first kappa shape index (κ1) is 20.7. The average Bonchev–Trinajstić information content (AvgIpc) is 3.49. The van der Waals surface area contributed by atoms with Gasteiger partial charge in [-0.05, 0) is 18.4 Å². The number of fused-ring (bicyclic) bond motifs is 1. The lowest BCUT2D eigenvalue weighted by Crippen LogP contribution is -2.29. The van der Waals surface area contributed by atoms with Crippen LogP contribution in [0.4, 0.5) is 5.13 Å². The van der Waals surface area contributed by atoms with Crippen molar-refractivity contribution in [3.8, 4) is 0 Å². The molecule has 1 atom stereocenters. The Morgan fingerprint density at radius 1 is 1.16 bits per heavy atom. The van der Waals surface area contributed by atoms with Gasteiger partial charge in [-0.2, -0.15) is 4.99 Å². The topological polar surface area (TPSA) is 77.9 Å². The van der Waals surface area contributed by atoms with Crippen molar-refractivity contribution >= 4 is 45.2 Å². The highest BCUT2D eigenvalue weighted by Crippen LogP contribution is 2.31. The van der Waals surface area contributed by atoms with Crippen molar-refractivity contribution < 1.29 is 9.59 Å². The van der Waals surface area contributed by atoms with Gasteiger partial charge in [-0.3, -0.25) is 14.5 Å². The Hall–Kier alpha value is -2.23. The van der Waals surface area contributed by atoms with Gasteiger partial charge in [0.15, 0.2) is 10.3 Å². The molecular weight excluding hydrogens is 430 g/mol. The van der Waals surface area contributed by atoms with Gasteiger partial charge in [-0.15, -0.1) is 11.3 Å². The summed E-state index contributed by atoms with van der Waals surface area (Å²) in [6.45, 7) is 4.62. The molecule has 4 heterocycles. The van der Waals surface area contributed by atoms with E-state index in [0.29, 0.717) is 5.13 Å². The standard InChI is InChI=1S/C22H25N5O2S2/c28-19(12-17-20(29)25-22(31-17)27-9-4-5-10-27)24-21-23-16-8-11-26(14-18(16)30-21)13-15-6-2-1-3-7-15/h1-3,6-7,17H,4-5,8-14H2,(H,23,24,28). The molecule has 2 amide bonds. The van der Waals surface area contributed by atoms with Crippen LogP contribution >= 0.6 is 23.1 Å². The van der Waals surface area contributed by atoms with Crippen molar-refractivity contribution in [3.05, 3.63) is 46.5 Å². The molecule has 0 saturated carbocycles. The first-order chi connectivity index (χ1) is 15.1. The van der Waals surface area contributed by atoms with Crippen LogP contribution in [0.2, 0.25) is 0 Å². The number of amidine groups is 1. The Bertz CT molecular complexity index is 1000. The summed E-state index contributed by atoms with van der Waals surface area (Å²) in [7, 11) is 0. The molecule has 1 aromatic heterocycles. The number of amides is 2. The third-order valence-corrected chi connectivity index (χ3v) is 7.99. The molecule has 0 radical (unpaired) electrons. The number of aromatic nitrogens is 1. The zero-order chi connectivity index (χ0) is 21.2. The molecular formula is C22H25N5O2S2. The van der Waals surface area contributed by atoms with Gasteiger partial charge in [-0.1, -0.05) is 42.1 Å². The predicted molar refractivity (Wildman–Crippen MR) is 124 cm³/mol. The number of hydrogen-bond acceptors (Lipinski definition) is 7. The van der Waals surface area contributed by atoms with E-state index in [9.17, 15) is 9.59 Å². The van der Waals surface area contributed by atoms with Crippen LogP contribution in [0, 0.1) is 0 Å².